The molecule has 0 saturated heterocycles. The summed E-state index contributed by atoms with van der Waals surface area (Å²) < 4.78 is 15.8. The zero-order chi connectivity index (χ0) is 14.5. The van der Waals surface area contributed by atoms with Crippen LogP contribution in [0.25, 0.3) is 0 Å². The highest BCUT2D eigenvalue weighted by Crippen LogP contribution is 2.05. The molecule has 0 saturated carbocycles. The lowest BCUT2D eigenvalue weighted by Gasteiger charge is -2.05. The van der Waals surface area contributed by atoms with E-state index in [4.69, 9.17) is 19.9 Å². The fraction of sp³-hybridized carbons (Fsp3) is 0.500. The van der Waals surface area contributed by atoms with Crippen LogP contribution in [0.4, 0.5) is 0 Å². The fourth-order valence-electron chi connectivity index (χ4n) is 1.53. The summed E-state index contributed by atoms with van der Waals surface area (Å²) >= 11 is 0. The Morgan fingerprint density at radius 3 is 2.45 bits per heavy atom. The van der Waals surface area contributed by atoms with Gasteiger partial charge in [0.05, 0.1) is 26.4 Å². The topological polar surface area (TPSA) is 53.7 Å². The molecule has 0 bridgehead atoms. The van der Waals surface area contributed by atoms with Crippen LogP contribution in [0.3, 0.4) is 0 Å². The van der Waals surface area contributed by atoms with Crippen LogP contribution in [-0.2, 0) is 20.8 Å². The Labute approximate surface area is 121 Å². The van der Waals surface area contributed by atoms with E-state index in [1.165, 1.54) is 0 Å². The summed E-state index contributed by atoms with van der Waals surface area (Å²) in [5, 5.41) is 0. The Bertz CT molecular complexity index is 406. The number of benzene rings is 1. The van der Waals surface area contributed by atoms with Crippen LogP contribution in [0.15, 0.2) is 24.3 Å². The van der Waals surface area contributed by atoms with Crippen LogP contribution < -0.4 is 5.73 Å². The first kappa shape index (κ1) is 16.7. The molecule has 0 atom stereocenters. The van der Waals surface area contributed by atoms with E-state index in [2.05, 4.69) is 11.8 Å². The van der Waals surface area contributed by atoms with Crippen LogP contribution in [0.1, 0.15) is 17.5 Å². The maximum absolute atomic E-state index is 5.58. The van der Waals surface area contributed by atoms with Gasteiger partial charge in [-0.3, -0.25) is 0 Å². The van der Waals surface area contributed by atoms with Crippen LogP contribution >= 0.6 is 0 Å². The molecular weight excluding hydrogens is 254 g/mol. The molecule has 1 aromatic carbocycles. The van der Waals surface area contributed by atoms with Gasteiger partial charge in [0.25, 0.3) is 0 Å². The molecule has 0 aliphatic heterocycles. The maximum atomic E-state index is 5.58. The van der Waals surface area contributed by atoms with Crippen molar-refractivity contribution in [2.75, 3.05) is 40.1 Å². The van der Waals surface area contributed by atoms with Crippen molar-refractivity contribution in [3.8, 4) is 11.8 Å². The van der Waals surface area contributed by atoms with Crippen molar-refractivity contribution in [1.29, 1.82) is 0 Å². The summed E-state index contributed by atoms with van der Waals surface area (Å²) in [5.74, 6) is 5.82. The standard InChI is InChI=1S/C16H23NO3/c1-18-12-13-19-10-3-11-20-14-16-7-5-15(6-8-16)4-2-9-17/h5-8H,3,9-14,17H2,1H3. The normalized spacial score (nSPS) is 10.1. The molecule has 0 amide bonds. The van der Waals surface area contributed by atoms with Gasteiger partial charge in [-0.2, -0.15) is 0 Å². The first-order valence-corrected chi connectivity index (χ1v) is 6.79. The van der Waals surface area contributed by atoms with Crippen molar-refractivity contribution in [1.82, 2.24) is 0 Å². The SMILES string of the molecule is COCCOCCCOCc1ccc(C#CCN)cc1. The second-order valence-electron chi connectivity index (χ2n) is 4.21. The monoisotopic (exact) mass is 277 g/mol. The Morgan fingerprint density at radius 2 is 1.75 bits per heavy atom. The minimum atomic E-state index is 0.386. The molecule has 0 aliphatic rings. The van der Waals surface area contributed by atoms with E-state index >= 15 is 0 Å². The Kier molecular flexibility index (Phi) is 9.54. The summed E-state index contributed by atoms with van der Waals surface area (Å²) in [6.07, 6.45) is 0.893. The predicted octanol–water partition coefficient (Wildman–Crippen LogP) is 1.57. The van der Waals surface area contributed by atoms with Gasteiger partial charge in [-0.15, -0.1) is 0 Å². The average molecular weight is 277 g/mol. The molecule has 1 aromatic rings. The smallest absolute Gasteiger partial charge is 0.0716 e. The number of nitrogens with two attached hydrogens (primary N) is 1. The lowest BCUT2D eigenvalue weighted by molar-refractivity contribution is 0.0483. The van der Waals surface area contributed by atoms with Crippen molar-refractivity contribution in [2.45, 2.75) is 13.0 Å². The van der Waals surface area contributed by atoms with Gasteiger partial charge in [0.2, 0.25) is 0 Å². The zero-order valence-electron chi connectivity index (χ0n) is 12.1. The van der Waals surface area contributed by atoms with Crippen molar-refractivity contribution < 1.29 is 14.2 Å². The summed E-state index contributed by atoms with van der Waals surface area (Å²) in [6.45, 7) is 3.68. The minimum Gasteiger partial charge on any atom is -0.382 e. The van der Waals surface area contributed by atoms with E-state index in [1.54, 1.807) is 7.11 Å². The minimum absolute atomic E-state index is 0.386. The van der Waals surface area contributed by atoms with Crippen molar-refractivity contribution >= 4 is 0 Å². The third-order valence-electron chi connectivity index (χ3n) is 2.57. The highest BCUT2D eigenvalue weighted by Gasteiger charge is 1.94. The third-order valence-corrected chi connectivity index (χ3v) is 2.57. The van der Waals surface area contributed by atoms with Gasteiger partial charge in [0, 0.05) is 25.9 Å². The highest BCUT2D eigenvalue weighted by atomic mass is 16.5. The average Bonchev–Trinajstić information content (AvgIpc) is 2.49. The molecule has 0 aliphatic carbocycles. The quantitative estimate of drug-likeness (QED) is 0.550. The van der Waals surface area contributed by atoms with Crippen molar-refractivity contribution in [3.63, 3.8) is 0 Å². The first-order chi connectivity index (χ1) is 9.86. The molecule has 0 heterocycles. The molecule has 4 nitrogen and oxygen atoms in total. The number of ether oxygens (including phenoxy) is 3. The Hall–Kier alpha value is -1.38. The summed E-state index contributed by atoms with van der Waals surface area (Å²) in [5.41, 5.74) is 7.45. The van der Waals surface area contributed by atoms with Gasteiger partial charge >= 0.3 is 0 Å². The molecule has 0 unspecified atom stereocenters. The second kappa shape index (κ2) is 11.4. The van der Waals surface area contributed by atoms with Gasteiger partial charge in [0.1, 0.15) is 0 Å². The first-order valence-electron chi connectivity index (χ1n) is 6.79. The molecule has 20 heavy (non-hydrogen) atoms. The maximum Gasteiger partial charge on any atom is 0.0716 e. The lowest BCUT2D eigenvalue weighted by Crippen LogP contribution is -2.05. The zero-order valence-corrected chi connectivity index (χ0v) is 12.1. The van der Waals surface area contributed by atoms with Crippen LogP contribution in [0, 0.1) is 11.8 Å². The summed E-state index contributed by atoms with van der Waals surface area (Å²) in [7, 11) is 1.67. The fourth-order valence-corrected chi connectivity index (χ4v) is 1.53. The van der Waals surface area contributed by atoms with E-state index in [1.807, 2.05) is 24.3 Å². The van der Waals surface area contributed by atoms with Crippen LogP contribution in [-0.4, -0.2) is 40.1 Å². The third kappa shape index (κ3) is 7.93. The van der Waals surface area contributed by atoms with E-state index in [-0.39, 0.29) is 0 Å². The van der Waals surface area contributed by atoms with Crippen LogP contribution in [0.2, 0.25) is 0 Å². The van der Waals surface area contributed by atoms with E-state index in [0.717, 1.165) is 17.5 Å². The summed E-state index contributed by atoms with van der Waals surface area (Å²) in [4.78, 5) is 0. The Morgan fingerprint density at radius 1 is 1.00 bits per heavy atom. The molecule has 0 aromatic heterocycles. The molecule has 0 fully saturated rings. The molecule has 2 N–H and O–H groups in total. The number of methoxy groups -OCH3 is 1. The summed E-state index contributed by atoms with van der Waals surface area (Å²) in [6, 6.07) is 8.01. The molecule has 0 radical (unpaired) electrons. The van der Waals surface area contributed by atoms with Gasteiger partial charge in [-0.25, -0.2) is 0 Å². The number of hydrogen-bond acceptors (Lipinski definition) is 4. The van der Waals surface area contributed by atoms with Crippen molar-refractivity contribution in [2.24, 2.45) is 5.73 Å². The molecular formula is C16H23NO3. The molecule has 4 heteroatoms. The second-order valence-corrected chi connectivity index (χ2v) is 4.21. The van der Waals surface area contributed by atoms with E-state index in [9.17, 15) is 0 Å². The molecule has 0 spiro atoms. The van der Waals surface area contributed by atoms with Gasteiger partial charge in [-0.1, -0.05) is 24.0 Å². The largest absolute Gasteiger partial charge is 0.382 e. The highest BCUT2D eigenvalue weighted by molar-refractivity contribution is 5.36. The van der Waals surface area contributed by atoms with Crippen LogP contribution in [0.5, 0.6) is 0 Å². The van der Waals surface area contributed by atoms with Crippen molar-refractivity contribution in [3.05, 3.63) is 35.4 Å². The molecule has 1 rings (SSSR count). The van der Waals surface area contributed by atoms with Gasteiger partial charge in [0.15, 0.2) is 0 Å². The molecule has 110 valence electrons. The predicted molar refractivity (Wildman–Crippen MR) is 79.3 cm³/mol. The number of rotatable bonds is 9. The Balaban J connectivity index is 2.10. The van der Waals surface area contributed by atoms with Gasteiger partial charge < -0.3 is 19.9 Å². The van der Waals surface area contributed by atoms with E-state index in [0.29, 0.717) is 39.6 Å². The van der Waals surface area contributed by atoms with E-state index < -0.39 is 0 Å². The lowest BCUT2D eigenvalue weighted by atomic mass is 10.1. The van der Waals surface area contributed by atoms with Gasteiger partial charge in [-0.05, 0) is 24.1 Å². The number of hydrogen-bond donors (Lipinski definition) is 1.